The van der Waals surface area contributed by atoms with E-state index in [1.807, 2.05) is 0 Å². The van der Waals surface area contributed by atoms with Gasteiger partial charge in [-0.15, -0.1) is 0 Å². The largest absolute Gasteiger partial charge is 0.507 e. The summed E-state index contributed by atoms with van der Waals surface area (Å²) in [5, 5.41) is 40.7. The van der Waals surface area contributed by atoms with Crippen molar-refractivity contribution in [2.45, 2.75) is 11.6 Å². The summed E-state index contributed by atoms with van der Waals surface area (Å²) in [7, 11) is -0.538. The molecule has 0 bridgehead atoms. The first-order chi connectivity index (χ1) is 14.7. The summed E-state index contributed by atoms with van der Waals surface area (Å²) in [5.74, 6) is -2.71. The van der Waals surface area contributed by atoms with Gasteiger partial charge in [-0.05, 0) is 18.1 Å². The van der Waals surface area contributed by atoms with Crippen molar-refractivity contribution >= 4 is 36.7 Å². The number of likely N-dealkylation sites (tertiary alicyclic amines) is 1. The number of amides is 2. The Morgan fingerprint density at radius 2 is 2.03 bits per heavy atom. The second kappa shape index (κ2) is 11.2. The molecule has 0 spiro atoms. The number of nitrogens with one attached hydrogen (secondary N) is 1. The van der Waals surface area contributed by atoms with Crippen molar-refractivity contribution in [1.29, 1.82) is 0 Å². The summed E-state index contributed by atoms with van der Waals surface area (Å²) in [6.45, 7) is 1.27. The maximum absolute atomic E-state index is 12.3. The molecule has 2 amide bonds. The number of aromatic carboxylic acids is 1. The Kier molecular flexibility index (Phi) is 8.98. The smallest absolute Gasteiger partial charge is 0.465 e. The average molecular weight is 455 g/mol. The van der Waals surface area contributed by atoms with Crippen LogP contribution in [0.25, 0.3) is 0 Å². The summed E-state index contributed by atoms with van der Waals surface area (Å²) >= 11 is 0.969. The third-order valence-electron chi connectivity index (χ3n) is 4.88. The molecule has 7 N–H and O–H groups in total. The number of phenols is 1. The second-order valence-corrected chi connectivity index (χ2v) is 8.23. The third kappa shape index (κ3) is 6.26. The minimum Gasteiger partial charge on any atom is -0.507 e. The lowest BCUT2D eigenvalue weighted by Crippen LogP contribution is -2.56. The highest BCUT2D eigenvalue weighted by atomic mass is 32.2. The van der Waals surface area contributed by atoms with Gasteiger partial charge in [0, 0.05) is 31.3 Å². The number of methoxy groups -OCH3 is 1. The molecule has 170 valence electrons. The monoisotopic (exact) mass is 455 g/mol. The summed E-state index contributed by atoms with van der Waals surface area (Å²) in [4.78, 5) is 37.0. The first-order valence-corrected chi connectivity index (χ1v) is 10.6. The molecular weight excluding hydrogens is 429 g/mol. The number of carboxylic acid groups (broad SMARTS) is 1. The Labute approximate surface area is 183 Å². The lowest BCUT2D eigenvalue weighted by molar-refractivity contribution is -0.140. The predicted molar refractivity (Wildman–Crippen MR) is 114 cm³/mol. The molecule has 13 heteroatoms. The number of thioether (sulfide) groups is 1. The zero-order chi connectivity index (χ0) is 23.1. The fraction of sp³-hybridized carbons (Fsp3) is 0.500. The molecule has 1 aliphatic heterocycles. The molecule has 0 radical (unpaired) electrons. The van der Waals surface area contributed by atoms with Gasteiger partial charge < -0.3 is 40.9 Å². The van der Waals surface area contributed by atoms with E-state index in [2.05, 4.69) is 5.32 Å². The predicted octanol–water partition coefficient (Wildman–Crippen LogP) is -1.71. The normalized spacial score (nSPS) is 14.5. The number of nitrogens with two attached hydrogens (primary N) is 1. The molecule has 1 fully saturated rings. The van der Waals surface area contributed by atoms with Gasteiger partial charge in [-0.1, -0.05) is 6.07 Å². The molecule has 1 aliphatic rings. The number of rotatable bonds is 11. The van der Waals surface area contributed by atoms with Crippen molar-refractivity contribution in [1.82, 2.24) is 10.2 Å². The minimum atomic E-state index is -1.81. The lowest BCUT2D eigenvalue weighted by atomic mass is 9.81. The van der Waals surface area contributed by atoms with Crippen LogP contribution in [-0.4, -0.2) is 94.3 Å². The molecule has 11 nitrogen and oxygen atoms in total. The standard InChI is InChI=1S/C18H26BN3O8S/c1-30-12-3-2-10(16(24)15(12)18(26)27)6-13(19(28)29)31-9-14(23)22-7-11(8-22)17(25)21-5-4-20/h2-3,11,13,24,28-29H,4-9,20H2,1H3,(H,21,25)(H,26,27)/t13-/m0/s1. The number of carboxylic acids is 1. The van der Waals surface area contributed by atoms with Gasteiger partial charge in [-0.25, -0.2) is 4.79 Å². The molecule has 1 aromatic rings. The van der Waals surface area contributed by atoms with E-state index in [9.17, 15) is 34.6 Å². The topological polar surface area (TPSA) is 183 Å². The Balaban J connectivity index is 1.95. The highest BCUT2D eigenvalue weighted by Crippen LogP contribution is 2.33. The van der Waals surface area contributed by atoms with E-state index >= 15 is 0 Å². The van der Waals surface area contributed by atoms with Crippen molar-refractivity contribution in [2.75, 3.05) is 39.0 Å². The Morgan fingerprint density at radius 1 is 1.35 bits per heavy atom. The number of benzene rings is 1. The van der Waals surface area contributed by atoms with Gasteiger partial charge in [0.1, 0.15) is 17.1 Å². The number of nitrogens with zero attached hydrogens (tertiary/aromatic N) is 1. The molecule has 2 rings (SSSR count). The number of hydrogen-bond donors (Lipinski definition) is 6. The molecule has 0 saturated carbocycles. The maximum atomic E-state index is 12.3. The lowest BCUT2D eigenvalue weighted by Gasteiger charge is -2.38. The molecule has 31 heavy (non-hydrogen) atoms. The van der Waals surface area contributed by atoms with E-state index in [0.717, 1.165) is 11.8 Å². The van der Waals surface area contributed by atoms with Gasteiger partial charge >= 0.3 is 13.1 Å². The molecule has 0 aromatic heterocycles. The zero-order valence-electron chi connectivity index (χ0n) is 17.0. The van der Waals surface area contributed by atoms with Crippen LogP contribution in [0.2, 0.25) is 0 Å². The average Bonchev–Trinajstić information content (AvgIpc) is 2.68. The van der Waals surface area contributed by atoms with Crippen LogP contribution in [0, 0.1) is 5.92 Å². The van der Waals surface area contributed by atoms with E-state index in [-0.39, 0.29) is 54.3 Å². The maximum Gasteiger partial charge on any atom is 0.465 e. The van der Waals surface area contributed by atoms with E-state index < -0.39 is 29.5 Å². The second-order valence-electron chi connectivity index (χ2n) is 7.00. The van der Waals surface area contributed by atoms with Crippen LogP contribution in [0.15, 0.2) is 12.1 Å². The quantitative estimate of drug-likeness (QED) is 0.210. The molecule has 1 atom stereocenters. The van der Waals surface area contributed by atoms with Crippen LogP contribution < -0.4 is 15.8 Å². The Hall–Kier alpha value is -2.48. The number of ether oxygens (including phenoxy) is 1. The van der Waals surface area contributed by atoms with Crippen molar-refractivity contribution in [2.24, 2.45) is 11.7 Å². The highest BCUT2D eigenvalue weighted by Gasteiger charge is 2.36. The number of carbonyl (C=O) groups is 3. The number of hydrogen-bond acceptors (Lipinski definition) is 9. The van der Waals surface area contributed by atoms with E-state index in [1.165, 1.54) is 24.1 Å². The molecule has 1 saturated heterocycles. The van der Waals surface area contributed by atoms with Gasteiger partial charge in [0.25, 0.3) is 0 Å². The van der Waals surface area contributed by atoms with Gasteiger partial charge in [0.15, 0.2) is 0 Å². The SMILES string of the molecule is COc1ccc(C[C@H](SCC(=O)N2CC(C(=O)NCCN)C2)B(O)O)c(O)c1C(=O)O. The van der Waals surface area contributed by atoms with Gasteiger partial charge in [-0.3, -0.25) is 9.59 Å². The van der Waals surface area contributed by atoms with Crippen molar-refractivity contribution in [3.63, 3.8) is 0 Å². The minimum absolute atomic E-state index is 0.0273. The van der Waals surface area contributed by atoms with Crippen LogP contribution in [0.5, 0.6) is 11.5 Å². The van der Waals surface area contributed by atoms with E-state index in [0.29, 0.717) is 13.1 Å². The van der Waals surface area contributed by atoms with Crippen LogP contribution in [0.3, 0.4) is 0 Å². The summed E-state index contributed by atoms with van der Waals surface area (Å²) in [6.07, 6.45) is -0.0875. The number of carbonyl (C=O) groups excluding carboxylic acids is 2. The van der Waals surface area contributed by atoms with Crippen molar-refractivity contribution in [3.8, 4) is 11.5 Å². The summed E-state index contributed by atoms with van der Waals surface area (Å²) in [6, 6.07) is 2.80. The molecule has 1 heterocycles. The van der Waals surface area contributed by atoms with Gasteiger partial charge in [-0.2, -0.15) is 11.8 Å². The highest BCUT2D eigenvalue weighted by molar-refractivity contribution is 8.01. The molecule has 0 aliphatic carbocycles. The molecular formula is C18H26BN3O8S. The van der Waals surface area contributed by atoms with Crippen LogP contribution in [0.4, 0.5) is 0 Å². The van der Waals surface area contributed by atoms with Crippen molar-refractivity contribution in [3.05, 3.63) is 23.3 Å². The van der Waals surface area contributed by atoms with E-state index in [4.69, 9.17) is 10.5 Å². The van der Waals surface area contributed by atoms with E-state index in [1.54, 1.807) is 0 Å². The Bertz CT molecular complexity index is 819. The van der Waals surface area contributed by atoms with Gasteiger partial charge in [0.05, 0.1) is 18.8 Å². The first-order valence-electron chi connectivity index (χ1n) is 9.55. The molecule has 1 aromatic carbocycles. The fourth-order valence-corrected chi connectivity index (χ4v) is 4.09. The number of aromatic hydroxyl groups is 1. The first kappa shape index (κ1) is 24.8. The summed E-state index contributed by atoms with van der Waals surface area (Å²) < 4.78 is 4.94. The Morgan fingerprint density at radius 3 is 2.58 bits per heavy atom. The third-order valence-corrected chi connectivity index (χ3v) is 6.13. The van der Waals surface area contributed by atoms with Crippen LogP contribution >= 0.6 is 11.8 Å². The molecule has 0 unspecified atom stereocenters. The fourth-order valence-electron chi connectivity index (χ4n) is 3.08. The zero-order valence-corrected chi connectivity index (χ0v) is 17.8. The summed E-state index contributed by atoms with van der Waals surface area (Å²) in [5.41, 5.74) is 5.09. The van der Waals surface area contributed by atoms with Crippen LogP contribution in [0.1, 0.15) is 15.9 Å². The van der Waals surface area contributed by atoms with Crippen molar-refractivity contribution < 1.29 is 39.4 Å². The van der Waals surface area contributed by atoms with Crippen LogP contribution in [-0.2, 0) is 16.0 Å². The van der Waals surface area contributed by atoms with Gasteiger partial charge in [0.2, 0.25) is 11.8 Å².